The van der Waals surface area contributed by atoms with E-state index in [2.05, 4.69) is 20.8 Å². The van der Waals surface area contributed by atoms with Crippen LogP contribution in [0.1, 0.15) is 0 Å². The molecule has 0 atom stereocenters. The number of rotatable bonds is 6. The quantitative estimate of drug-likeness (QED) is 0.587. The topological polar surface area (TPSA) is 66.9 Å². The number of nitrogens with one attached hydrogen (secondary N) is 2. The van der Waals surface area contributed by atoms with Gasteiger partial charge in [0.15, 0.2) is 4.34 Å². The van der Waals surface area contributed by atoms with Crippen molar-refractivity contribution < 1.29 is 9.18 Å². The van der Waals surface area contributed by atoms with Crippen LogP contribution in [0.15, 0.2) is 52.9 Å². The summed E-state index contributed by atoms with van der Waals surface area (Å²) < 4.78 is 14.2. The first-order valence-electron chi connectivity index (χ1n) is 7.13. The first-order valence-corrected chi connectivity index (χ1v) is 9.31. The van der Waals surface area contributed by atoms with Crippen molar-refractivity contribution in [2.45, 2.75) is 4.34 Å². The van der Waals surface area contributed by atoms with E-state index in [1.165, 1.54) is 29.2 Å². The van der Waals surface area contributed by atoms with Crippen LogP contribution in [-0.4, -0.2) is 21.9 Å². The van der Waals surface area contributed by atoms with E-state index in [0.29, 0.717) is 25.9 Å². The molecular weight excluding hydrogens is 383 g/mol. The van der Waals surface area contributed by atoms with Gasteiger partial charge in [-0.1, -0.05) is 52.9 Å². The molecule has 0 bridgehead atoms. The number of carbonyl (C=O) groups excluding carboxylic acids is 1. The Labute approximate surface area is 156 Å². The summed E-state index contributed by atoms with van der Waals surface area (Å²) in [5.41, 5.74) is 0.964. The molecule has 0 unspecified atom stereocenters. The summed E-state index contributed by atoms with van der Waals surface area (Å²) in [4.78, 5) is 12.0. The molecule has 128 valence electrons. The highest BCUT2D eigenvalue weighted by molar-refractivity contribution is 8.01. The molecule has 2 aromatic carbocycles. The first kappa shape index (κ1) is 17.7. The Morgan fingerprint density at radius 3 is 2.84 bits per heavy atom. The van der Waals surface area contributed by atoms with Crippen LogP contribution >= 0.6 is 34.7 Å². The molecule has 0 spiro atoms. The number of benzene rings is 2. The lowest BCUT2D eigenvalue weighted by Crippen LogP contribution is -2.13. The molecule has 0 aliphatic heterocycles. The van der Waals surface area contributed by atoms with Crippen molar-refractivity contribution >= 4 is 57.1 Å². The Hall–Kier alpha value is -2.16. The molecule has 0 radical (unpaired) electrons. The van der Waals surface area contributed by atoms with Gasteiger partial charge in [-0.05, 0) is 30.3 Å². The second-order valence-corrected chi connectivity index (χ2v) is 7.46. The van der Waals surface area contributed by atoms with Gasteiger partial charge in [0.1, 0.15) is 5.82 Å². The predicted octanol–water partition coefficient (Wildman–Crippen LogP) is 4.81. The van der Waals surface area contributed by atoms with Crippen LogP contribution in [0.25, 0.3) is 0 Å². The second kappa shape index (κ2) is 8.28. The largest absolute Gasteiger partial charge is 0.328 e. The molecule has 1 aromatic heterocycles. The van der Waals surface area contributed by atoms with Gasteiger partial charge in [-0.3, -0.25) is 4.79 Å². The summed E-state index contributed by atoms with van der Waals surface area (Å²) in [5, 5.41) is 14.6. The number of amides is 1. The van der Waals surface area contributed by atoms with Crippen molar-refractivity contribution in [3.8, 4) is 0 Å². The molecule has 0 aliphatic rings. The van der Waals surface area contributed by atoms with Gasteiger partial charge < -0.3 is 10.6 Å². The smallest absolute Gasteiger partial charge is 0.234 e. The lowest BCUT2D eigenvalue weighted by Gasteiger charge is -2.04. The number of para-hydroxylation sites is 1. The molecule has 0 aliphatic carbocycles. The summed E-state index contributed by atoms with van der Waals surface area (Å²) in [6.45, 7) is 0. The number of halogens is 2. The fourth-order valence-electron chi connectivity index (χ4n) is 1.89. The summed E-state index contributed by atoms with van der Waals surface area (Å²) >= 11 is 8.38. The zero-order valence-corrected chi connectivity index (χ0v) is 15.1. The Kier molecular flexibility index (Phi) is 5.85. The Bertz CT molecular complexity index is 890. The average Bonchev–Trinajstić information content (AvgIpc) is 3.03. The van der Waals surface area contributed by atoms with E-state index in [0.717, 1.165) is 0 Å². The number of hydrogen-bond donors (Lipinski definition) is 2. The molecule has 3 rings (SSSR count). The van der Waals surface area contributed by atoms with Gasteiger partial charge in [-0.2, -0.15) is 0 Å². The number of aromatic nitrogens is 2. The van der Waals surface area contributed by atoms with E-state index < -0.39 is 0 Å². The van der Waals surface area contributed by atoms with Gasteiger partial charge in [0.25, 0.3) is 0 Å². The van der Waals surface area contributed by atoms with Crippen molar-refractivity contribution in [3.05, 3.63) is 59.4 Å². The Balaban J connectivity index is 1.53. The molecule has 2 N–H and O–H groups in total. The van der Waals surface area contributed by atoms with Gasteiger partial charge in [0.2, 0.25) is 11.0 Å². The molecule has 25 heavy (non-hydrogen) atoms. The maximum atomic E-state index is 13.6. The van der Waals surface area contributed by atoms with Crippen LogP contribution in [0.5, 0.6) is 0 Å². The molecular formula is C16H12ClFN4OS2. The first-order chi connectivity index (χ1) is 12.1. The highest BCUT2D eigenvalue weighted by atomic mass is 35.5. The van der Waals surface area contributed by atoms with Crippen LogP contribution in [0.3, 0.4) is 0 Å². The minimum absolute atomic E-state index is 0.175. The van der Waals surface area contributed by atoms with Crippen LogP contribution < -0.4 is 10.6 Å². The SMILES string of the molecule is O=C(CSc1nnc(Nc2ccccc2F)s1)Nc1cccc(Cl)c1. The lowest BCUT2D eigenvalue weighted by atomic mass is 10.3. The minimum Gasteiger partial charge on any atom is -0.328 e. The molecule has 0 saturated heterocycles. The van der Waals surface area contributed by atoms with E-state index in [9.17, 15) is 9.18 Å². The van der Waals surface area contributed by atoms with Gasteiger partial charge >= 0.3 is 0 Å². The predicted molar refractivity (Wildman–Crippen MR) is 100 cm³/mol. The minimum atomic E-state index is -0.368. The fraction of sp³-hybridized carbons (Fsp3) is 0.0625. The van der Waals surface area contributed by atoms with Gasteiger partial charge in [-0.15, -0.1) is 10.2 Å². The van der Waals surface area contributed by atoms with Crippen molar-refractivity contribution in [3.63, 3.8) is 0 Å². The van der Waals surface area contributed by atoms with E-state index >= 15 is 0 Å². The summed E-state index contributed by atoms with van der Waals surface area (Å²) in [7, 11) is 0. The fourth-order valence-corrected chi connectivity index (χ4v) is 3.64. The Morgan fingerprint density at radius 1 is 1.20 bits per heavy atom. The second-order valence-electron chi connectivity index (χ2n) is 4.83. The van der Waals surface area contributed by atoms with Gasteiger partial charge in [-0.25, -0.2) is 4.39 Å². The van der Waals surface area contributed by atoms with Gasteiger partial charge in [0.05, 0.1) is 11.4 Å². The normalized spacial score (nSPS) is 10.5. The zero-order valence-electron chi connectivity index (χ0n) is 12.7. The maximum absolute atomic E-state index is 13.6. The zero-order chi connectivity index (χ0) is 17.6. The molecule has 9 heteroatoms. The summed E-state index contributed by atoms with van der Waals surface area (Å²) in [6, 6.07) is 13.2. The van der Waals surface area contributed by atoms with Crippen LogP contribution in [0.2, 0.25) is 5.02 Å². The van der Waals surface area contributed by atoms with E-state index in [4.69, 9.17) is 11.6 Å². The molecule has 3 aromatic rings. The van der Waals surface area contributed by atoms with Crippen molar-refractivity contribution in [2.75, 3.05) is 16.4 Å². The highest BCUT2D eigenvalue weighted by Crippen LogP contribution is 2.28. The molecule has 0 fully saturated rings. The van der Waals surface area contributed by atoms with Crippen LogP contribution in [0, 0.1) is 5.82 Å². The maximum Gasteiger partial charge on any atom is 0.234 e. The number of nitrogens with zero attached hydrogens (tertiary/aromatic N) is 2. The van der Waals surface area contributed by atoms with Crippen molar-refractivity contribution in [1.82, 2.24) is 10.2 Å². The lowest BCUT2D eigenvalue weighted by molar-refractivity contribution is -0.113. The number of thioether (sulfide) groups is 1. The highest BCUT2D eigenvalue weighted by Gasteiger charge is 2.10. The van der Waals surface area contributed by atoms with Crippen molar-refractivity contribution in [2.24, 2.45) is 0 Å². The van der Waals surface area contributed by atoms with Crippen molar-refractivity contribution in [1.29, 1.82) is 0 Å². The third-order valence-corrected chi connectivity index (χ3v) is 5.16. The van der Waals surface area contributed by atoms with Crippen LogP contribution in [-0.2, 0) is 4.79 Å². The van der Waals surface area contributed by atoms with E-state index in [1.807, 2.05) is 0 Å². The third kappa shape index (κ3) is 5.15. The van der Waals surface area contributed by atoms with E-state index in [1.54, 1.807) is 42.5 Å². The Morgan fingerprint density at radius 2 is 2.04 bits per heavy atom. The average molecular weight is 395 g/mol. The molecule has 1 heterocycles. The monoisotopic (exact) mass is 394 g/mol. The number of carbonyl (C=O) groups is 1. The third-order valence-electron chi connectivity index (χ3n) is 2.96. The molecule has 1 amide bonds. The standard InChI is InChI=1S/C16H12ClFN4OS2/c17-10-4-3-5-11(8-10)19-14(23)9-24-16-22-21-15(25-16)20-13-7-2-1-6-12(13)18/h1-8H,9H2,(H,19,23)(H,20,21). The number of hydrogen-bond acceptors (Lipinski definition) is 6. The number of anilines is 3. The van der Waals surface area contributed by atoms with Gasteiger partial charge in [0, 0.05) is 10.7 Å². The van der Waals surface area contributed by atoms with E-state index in [-0.39, 0.29) is 17.5 Å². The summed E-state index contributed by atoms with van der Waals surface area (Å²) in [6.07, 6.45) is 0. The summed E-state index contributed by atoms with van der Waals surface area (Å²) in [5.74, 6) is -0.361. The van der Waals surface area contributed by atoms with Crippen LogP contribution in [0.4, 0.5) is 20.9 Å². The molecule has 5 nitrogen and oxygen atoms in total. The molecule has 0 saturated carbocycles.